The Labute approximate surface area is 110 Å². The molecule has 1 rings (SSSR count). The van der Waals surface area contributed by atoms with Crippen molar-refractivity contribution in [3.63, 3.8) is 0 Å². The first-order valence-electron chi connectivity index (χ1n) is 4.91. The third-order valence-electron chi connectivity index (χ3n) is 2.17. The molecule has 0 saturated carbocycles. The number of nitriles is 3. The van der Waals surface area contributed by atoms with Crippen LogP contribution in [0.3, 0.4) is 0 Å². The predicted octanol–water partition coefficient (Wildman–Crippen LogP) is 3.06. The van der Waals surface area contributed by atoms with E-state index in [-0.39, 0.29) is 5.56 Å². The number of alkyl halides is 3. The van der Waals surface area contributed by atoms with Crippen LogP contribution in [0.25, 0.3) is 0 Å². The first-order valence-corrected chi connectivity index (χ1v) is 4.91. The molecule has 0 saturated heterocycles. The van der Waals surface area contributed by atoms with Gasteiger partial charge in [0.2, 0.25) is 0 Å². The van der Waals surface area contributed by atoms with Crippen LogP contribution in [-0.2, 0) is 6.18 Å². The molecule has 0 aliphatic carbocycles. The van der Waals surface area contributed by atoms with E-state index >= 15 is 0 Å². The van der Waals surface area contributed by atoms with E-state index in [2.05, 4.69) is 0 Å². The molecule has 20 heavy (non-hydrogen) atoms. The zero-order chi connectivity index (χ0) is 15.3. The molecule has 0 heterocycles. The Balaban J connectivity index is 3.39. The second kappa shape index (κ2) is 5.73. The van der Waals surface area contributed by atoms with Crippen LogP contribution in [0, 0.1) is 39.8 Å². The Bertz CT molecular complexity index is 668. The summed E-state index contributed by atoms with van der Waals surface area (Å²) in [5, 5.41) is 27.7. The fraction of sp³-hybridized carbons (Fsp3) is 0.0833. The molecular formula is C12H4F4N4. The molecule has 0 bridgehead atoms. The smallest absolute Gasteiger partial charge is 0.356 e. The predicted molar refractivity (Wildman–Crippen MR) is 59.0 cm³/mol. The molecule has 0 aliphatic heterocycles. The zero-order valence-electron chi connectivity index (χ0n) is 9.59. The molecule has 100 valence electrons. The highest BCUT2D eigenvalue weighted by atomic mass is 19.4. The van der Waals surface area contributed by atoms with Gasteiger partial charge in [0.25, 0.3) is 0 Å². The van der Waals surface area contributed by atoms with Gasteiger partial charge in [-0.1, -0.05) is 0 Å². The van der Waals surface area contributed by atoms with Crippen molar-refractivity contribution in [3.8, 4) is 18.2 Å². The summed E-state index contributed by atoms with van der Waals surface area (Å²) in [5.41, 5.74) is -3.17. The Morgan fingerprint density at radius 1 is 1.15 bits per heavy atom. The fourth-order valence-corrected chi connectivity index (χ4v) is 1.26. The van der Waals surface area contributed by atoms with Gasteiger partial charge in [-0.25, -0.2) is 4.39 Å². The number of nitrogens with zero attached hydrogens (tertiary/aromatic N) is 3. The second-order valence-corrected chi connectivity index (χ2v) is 3.39. The third kappa shape index (κ3) is 3.04. The molecule has 0 fully saturated rings. The lowest BCUT2D eigenvalue weighted by Crippen LogP contribution is -2.10. The van der Waals surface area contributed by atoms with Gasteiger partial charge in [-0.15, -0.1) is 0 Å². The average molecular weight is 280 g/mol. The standard InChI is InChI=1S/C12H4F4N4/c13-10-9(12(14,15)16)2-1-8(5-19)11(10)20-6-7(3-17)4-18/h1-2,6,20H. The van der Waals surface area contributed by atoms with Crippen LogP contribution in [0.2, 0.25) is 0 Å². The van der Waals surface area contributed by atoms with Crippen molar-refractivity contribution in [2.75, 3.05) is 5.32 Å². The van der Waals surface area contributed by atoms with Gasteiger partial charge in [-0.05, 0) is 12.1 Å². The number of halogens is 4. The average Bonchev–Trinajstić information content (AvgIpc) is 2.39. The number of hydrogen-bond donors (Lipinski definition) is 1. The minimum Gasteiger partial charge on any atom is -0.356 e. The van der Waals surface area contributed by atoms with Crippen molar-refractivity contribution in [3.05, 3.63) is 40.8 Å². The summed E-state index contributed by atoms with van der Waals surface area (Å²) in [6.07, 6.45) is -4.20. The highest BCUT2D eigenvalue weighted by Gasteiger charge is 2.35. The third-order valence-corrected chi connectivity index (χ3v) is 2.17. The molecular weight excluding hydrogens is 276 g/mol. The minimum absolute atomic E-state index is 0.387. The van der Waals surface area contributed by atoms with Gasteiger partial charge in [-0.3, -0.25) is 0 Å². The molecule has 0 radical (unpaired) electrons. The lowest BCUT2D eigenvalue weighted by Gasteiger charge is -2.12. The Morgan fingerprint density at radius 3 is 2.20 bits per heavy atom. The summed E-state index contributed by atoms with van der Waals surface area (Å²) < 4.78 is 51.3. The largest absolute Gasteiger partial charge is 0.419 e. The molecule has 0 unspecified atom stereocenters. The van der Waals surface area contributed by atoms with Gasteiger partial charge >= 0.3 is 6.18 Å². The second-order valence-electron chi connectivity index (χ2n) is 3.39. The maximum atomic E-state index is 13.7. The first kappa shape index (κ1) is 15.0. The molecule has 0 aliphatic rings. The molecule has 4 nitrogen and oxygen atoms in total. The molecule has 0 atom stereocenters. The summed E-state index contributed by atoms with van der Waals surface area (Å²) in [6.45, 7) is 0. The van der Waals surface area contributed by atoms with Crippen LogP contribution in [-0.4, -0.2) is 0 Å². The van der Waals surface area contributed by atoms with E-state index in [0.29, 0.717) is 6.07 Å². The van der Waals surface area contributed by atoms with Crippen molar-refractivity contribution in [2.45, 2.75) is 6.18 Å². The maximum Gasteiger partial charge on any atom is 0.419 e. The van der Waals surface area contributed by atoms with Crippen molar-refractivity contribution < 1.29 is 17.6 Å². The monoisotopic (exact) mass is 280 g/mol. The highest BCUT2D eigenvalue weighted by Crippen LogP contribution is 2.35. The number of allylic oxidation sites excluding steroid dienone is 1. The number of rotatable bonds is 2. The van der Waals surface area contributed by atoms with E-state index in [0.717, 1.165) is 12.3 Å². The Kier molecular flexibility index (Phi) is 4.30. The van der Waals surface area contributed by atoms with E-state index in [1.807, 2.05) is 5.32 Å². The summed E-state index contributed by atoms with van der Waals surface area (Å²) in [4.78, 5) is 0. The van der Waals surface area contributed by atoms with Crippen LogP contribution >= 0.6 is 0 Å². The molecule has 0 spiro atoms. The highest BCUT2D eigenvalue weighted by molar-refractivity contribution is 5.62. The first-order chi connectivity index (χ1) is 9.35. The van der Waals surface area contributed by atoms with Crippen molar-refractivity contribution in [1.82, 2.24) is 0 Å². The lowest BCUT2D eigenvalue weighted by atomic mass is 10.1. The van der Waals surface area contributed by atoms with Gasteiger partial charge in [0.05, 0.1) is 16.8 Å². The van der Waals surface area contributed by atoms with Gasteiger partial charge in [0.1, 0.15) is 23.8 Å². The summed E-state index contributed by atoms with van der Waals surface area (Å²) in [6, 6.07) is 5.61. The van der Waals surface area contributed by atoms with Crippen molar-refractivity contribution in [2.24, 2.45) is 0 Å². The van der Waals surface area contributed by atoms with E-state index in [4.69, 9.17) is 15.8 Å². The van der Waals surface area contributed by atoms with Crippen LogP contribution in [0.4, 0.5) is 23.2 Å². The summed E-state index contributed by atoms with van der Waals surface area (Å²) in [7, 11) is 0. The topological polar surface area (TPSA) is 83.4 Å². The number of anilines is 1. The van der Waals surface area contributed by atoms with Crippen LogP contribution in [0.1, 0.15) is 11.1 Å². The zero-order valence-corrected chi connectivity index (χ0v) is 9.59. The normalized spacial score (nSPS) is 9.85. The van der Waals surface area contributed by atoms with Crippen molar-refractivity contribution >= 4 is 5.69 Å². The molecule has 1 N–H and O–H groups in total. The van der Waals surface area contributed by atoms with Crippen LogP contribution in [0.15, 0.2) is 23.9 Å². The minimum atomic E-state index is -4.93. The lowest BCUT2D eigenvalue weighted by molar-refractivity contribution is -0.139. The number of hydrogen-bond acceptors (Lipinski definition) is 4. The Morgan fingerprint density at radius 2 is 1.75 bits per heavy atom. The maximum absolute atomic E-state index is 13.7. The Hall–Kier alpha value is -3.05. The van der Waals surface area contributed by atoms with E-state index in [1.54, 1.807) is 0 Å². The quantitative estimate of drug-likeness (QED) is 0.666. The molecule has 0 aromatic heterocycles. The summed E-state index contributed by atoms with van der Waals surface area (Å²) in [5.74, 6) is -1.68. The van der Waals surface area contributed by atoms with Gasteiger partial charge in [0, 0.05) is 6.20 Å². The van der Waals surface area contributed by atoms with Crippen LogP contribution in [0.5, 0.6) is 0 Å². The molecule has 1 aromatic carbocycles. The van der Waals surface area contributed by atoms with Gasteiger partial charge in [0.15, 0.2) is 5.82 Å². The molecule has 0 amide bonds. The van der Waals surface area contributed by atoms with E-state index < -0.39 is 28.8 Å². The number of benzene rings is 1. The summed E-state index contributed by atoms with van der Waals surface area (Å²) >= 11 is 0. The van der Waals surface area contributed by atoms with E-state index in [1.165, 1.54) is 18.2 Å². The molecule has 1 aromatic rings. The molecule has 8 heteroatoms. The van der Waals surface area contributed by atoms with E-state index in [9.17, 15) is 17.6 Å². The van der Waals surface area contributed by atoms with Gasteiger partial charge in [-0.2, -0.15) is 29.0 Å². The fourth-order valence-electron chi connectivity index (χ4n) is 1.26. The SMILES string of the molecule is N#CC(C#N)=CNc1c(C#N)ccc(C(F)(F)F)c1F. The van der Waals surface area contributed by atoms with Gasteiger partial charge < -0.3 is 5.32 Å². The number of nitrogens with one attached hydrogen (secondary N) is 1. The van der Waals surface area contributed by atoms with Crippen molar-refractivity contribution in [1.29, 1.82) is 15.8 Å². The van der Waals surface area contributed by atoms with Crippen LogP contribution < -0.4 is 5.32 Å².